The molecule has 0 radical (unpaired) electrons. The van der Waals surface area contributed by atoms with Gasteiger partial charge in [0.2, 0.25) is 5.91 Å². The predicted molar refractivity (Wildman–Crippen MR) is 73.3 cm³/mol. The summed E-state index contributed by atoms with van der Waals surface area (Å²) in [5.74, 6) is 1.47. The lowest BCUT2D eigenvalue weighted by atomic mass is 10.1. The average molecular weight is 258 g/mol. The Morgan fingerprint density at radius 1 is 1.26 bits per heavy atom. The fourth-order valence-electron chi connectivity index (χ4n) is 1.92. The topological polar surface area (TPSA) is 59.5 Å². The third-order valence-electron chi connectivity index (χ3n) is 2.99. The molecule has 100 valence electrons. The molecule has 0 saturated heterocycles. The Hall–Kier alpha value is -2.07. The molecule has 1 aromatic heterocycles. The van der Waals surface area contributed by atoms with Crippen LogP contribution in [0.4, 0.5) is 0 Å². The first-order valence-corrected chi connectivity index (χ1v) is 6.19. The van der Waals surface area contributed by atoms with E-state index in [-0.39, 0.29) is 5.91 Å². The van der Waals surface area contributed by atoms with E-state index < -0.39 is 6.04 Å². The summed E-state index contributed by atoms with van der Waals surface area (Å²) >= 11 is 0. The van der Waals surface area contributed by atoms with E-state index in [2.05, 4.69) is 0 Å². The molecule has 4 nitrogen and oxygen atoms in total. The van der Waals surface area contributed by atoms with Gasteiger partial charge >= 0.3 is 0 Å². The zero-order valence-corrected chi connectivity index (χ0v) is 11.2. The Morgan fingerprint density at radius 3 is 2.53 bits per heavy atom. The molecular weight excluding hydrogens is 240 g/mol. The van der Waals surface area contributed by atoms with Crippen molar-refractivity contribution in [1.29, 1.82) is 0 Å². The fraction of sp³-hybridized carbons (Fsp3) is 0.267. The van der Waals surface area contributed by atoms with E-state index in [1.165, 1.54) is 0 Å². The second-order valence-electron chi connectivity index (χ2n) is 4.60. The first-order valence-electron chi connectivity index (χ1n) is 6.19. The summed E-state index contributed by atoms with van der Waals surface area (Å²) in [5, 5.41) is 0. The van der Waals surface area contributed by atoms with Gasteiger partial charge in [0.05, 0.1) is 6.54 Å². The van der Waals surface area contributed by atoms with Gasteiger partial charge in [0, 0.05) is 7.05 Å². The van der Waals surface area contributed by atoms with Crippen molar-refractivity contribution in [2.75, 3.05) is 7.05 Å². The monoisotopic (exact) mass is 258 g/mol. The molecule has 1 unspecified atom stereocenters. The van der Waals surface area contributed by atoms with Gasteiger partial charge in [-0.3, -0.25) is 4.79 Å². The van der Waals surface area contributed by atoms with Crippen molar-refractivity contribution in [3.05, 3.63) is 59.5 Å². The van der Waals surface area contributed by atoms with Gasteiger partial charge < -0.3 is 15.1 Å². The summed E-state index contributed by atoms with van der Waals surface area (Å²) < 4.78 is 5.46. The van der Waals surface area contributed by atoms with Crippen LogP contribution in [0.2, 0.25) is 0 Å². The third kappa shape index (κ3) is 3.23. The van der Waals surface area contributed by atoms with Gasteiger partial charge in [-0.05, 0) is 24.6 Å². The predicted octanol–water partition coefficient (Wildman–Crippen LogP) is 2.25. The quantitative estimate of drug-likeness (QED) is 0.915. The minimum absolute atomic E-state index is 0.125. The Balaban J connectivity index is 2.03. The lowest BCUT2D eigenvalue weighted by molar-refractivity contribution is -0.132. The van der Waals surface area contributed by atoms with Crippen molar-refractivity contribution < 1.29 is 9.21 Å². The molecule has 2 N–H and O–H groups in total. The summed E-state index contributed by atoms with van der Waals surface area (Å²) in [6, 6.07) is 12.5. The number of amides is 1. The number of benzene rings is 1. The molecule has 0 fully saturated rings. The van der Waals surface area contributed by atoms with E-state index in [0.29, 0.717) is 6.54 Å². The average Bonchev–Trinajstić information content (AvgIpc) is 2.83. The zero-order valence-electron chi connectivity index (χ0n) is 11.2. The molecule has 1 atom stereocenters. The lowest BCUT2D eigenvalue weighted by Crippen LogP contribution is -2.35. The molecule has 0 aliphatic rings. The Morgan fingerprint density at radius 2 is 1.95 bits per heavy atom. The van der Waals surface area contributed by atoms with E-state index in [0.717, 1.165) is 17.1 Å². The maximum Gasteiger partial charge on any atom is 0.244 e. The van der Waals surface area contributed by atoms with Gasteiger partial charge in [0.25, 0.3) is 0 Å². The first-order chi connectivity index (χ1) is 9.08. The number of nitrogens with zero attached hydrogens (tertiary/aromatic N) is 1. The molecule has 2 rings (SSSR count). The summed E-state index contributed by atoms with van der Waals surface area (Å²) in [6.07, 6.45) is 0. The van der Waals surface area contributed by atoms with Crippen LogP contribution in [-0.4, -0.2) is 17.9 Å². The molecule has 0 aliphatic heterocycles. The maximum atomic E-state index is 12.2. The molecule has 0 spiro atoms. The molecule has 0 saturated carbocycles. The van der Waals surface area contributed by atoms with Gasteiger partial charge in [0.15, 0.2) is 0 Å². The first kappa shape index (κ1) is 13.4. The van der Waals surface area contributed by atoms with Crippen molar-refractivity contribution in [2.45, 2.75) is 19.5 Å². The molecule has 1 aromatic carbocycles. The number of nitrogens with two attached hydrogens (primary N) is 1. The molecule has 0 aliphatic carbocycles. The second kappa shape index (κ2) is 5.71. The van der Waals surface area contributed by atoms with Crippen LogP contribution in [0, 0.1) is 6.92 Å². The molecule has 0 bridgehead atoms. The Bertz CT molecular complexity index is 548. The highest BCUT2D eigenvalue weighted by molar-refractivity contribution is 5.82. The van der Waals surface area contributed by atoms with Crippen LogP contribution in [0.5, 0.6) is 0 Å². The van der Waals surface area contributed by atoms with Gasteiger partial charge in [-0.1, -0.05) is 30.3 Å². The Labute approximate surface area is 112 Å². The fourth-order valence-corrected chi connectivity index (χ4v) is 1.92. The third-order valence-corrected chi connectivity index (χ3v) is 2.99. The van der Waals surface area contributed by atoms with Crippen LogP contribution in [0.15, 0.2) is 46.9 Å². The minimum Gasteiger partial charge on any atom is -0.464 e. The Kier molecular flexibility index (Phi) is 4.02. The van der Waals surface area contributed by atoms with Gasteiger partial charge in [-0.2, -0.15) is 0 Å². The zero-order chi connectivity index (χ0) is 13.8. The van der Waals surface area contributed by atoms with Gasteiger partial charge in [0.1, 0.15) is 17.6 Å². The summed E-state index contributed by atoms with van der Waals surface area (Å²) in [6.45, 7) is 2.30. The van der Waals surface area contributed by atoms with Gasteiger partial charge in [-0.15, -0.1) is 0 Å². The molecule has 1 heterocycles. The minimum atomic E-state index is -0.637. The number of furan rings is 1. The molecule has 4 heteroatoms. The highest BCUT2D eigenvalue weighted by Gasteiger charge is 2.20. The van der Waals surface area contributed by atoms with Crippen LogP contribution in [0.1, 0.15) is 23.1 Å². The summed E-state index contributed by atoms with van der Waals surface area (Å²) in [7, 11) is 1.73. The SMILES string of the molecule is Cc1ccc(CN(C)C(=O)C(N)c2ccccc2)o1. The standard InChI is InChI=1S/C15H18N2O2/c1-11-8-9-13(19-11)10-17(2)15(18)14(16)12-6-4-3-5-7-12/h3-9,14H,10,16H2,1-2H3. The van der Waals surface area contributed by atoms with E-state index in [4.69, 9.17) is 10.2 Å². The number of aryl methyl sites for hydroxylation is 1. The van der Waals surface area contributed by atoms with Crippen LogP contribution in [0.3, 0.4) is 0 Å². The number of hydrogen-bond acceptors (Lipinski definition) is 3. The van der Waals surface area contributed by atoms with E-state index in [9.17, 15) is 4.79 Å². The van der Waals surface area contributed by atoms with Crippen molar-refractivity contribution in [3.8, 4) is 0 Å². The molecule has 19 heavy (non-hydrogen) atoms. The van der Waals surface area contributed by atoms with Crippen molar-refractivity contribution in [2.24, 2.45) is 5.73 Å². The normalized spacial score (nSPS) is 12.2. The van der Waals surface area contributed by atoms with Crippen LogP contribution in [0.25, 0.3) is 0 Å². The highest BCUT2D eigenvalue weighted by atomic mass is 16.3. The molecule has 1 amide bonds. The van der Waals surface area contributed by atoms with Crippen molar-refractivity contribution in [3.63, 3.8) is 0 Å². The molecule has 2 aromatic rings. The molecular formula is C15H18N2O2. The highest BCUT2D eigenvalue weighted by Crippen LogP contribution is 2.15. The number of hydrogen-bond donors (Lipinski definition) is 1. The van der Waals surface area contributed by atoms with E-state index >= 15 is 0 Å². The number of carbonyl (C=O) groups excluding carboxylic acids is 1. The number of likely N-dealkylation sites (N-methyl/N-ethyl adjacent to an activating group) is 1. The lowest BCUT2D eigenvalue weighted by Gasteiger charge is -2.20. The summed E-state index contributed by atoms with van der Waals surface area (Å²) in [5.41, 5.74) is 6.79. The number of rotatable bonds is 4. The van der Waals surface area contributed by atoms with Crippen LogP contribution < -0.4 is 5.73 Å². The second-order valence-corrected chi connectivity index (χ2v) is 4.60. The van der Waals surface area contributed by atoms with Gasteiger partial charge in [-0.25, -0.2) is 0 Å². The van der Waals surface area contributed by atoms with Crippen molar-refractivity contribution >= 4 is 5.91 Å². The largest absolute Gasteiger partial charge is 0.464 e. The van der Waals surface area contributed by atoms with E-state index in [1.807, 2.05) is 49.4 Å². The number of carbonyl (C=O) groups is 1. The summed E-state index contributed by atoms with van der Waals surface area (Å²) in [4.78, 5) is 13.8. The van der Waals surface area contributed by atoms with E-state index in [1.54, 1.807) is 11.9 Å². The van der Waals surface area contributed by atoms with Crippen LogP contribution >= 0.6 is 0 Å². The maximum absolute atomic E-state index is 12.2. The van der Waals surface area contributed by atoms with Crippen molar-refractivity contribution in [1.82, 2.24) is 4.90 Å². The van der Waals surface area contributed by atoms with Crippen LogP contribution in [-0.2, 0) is 11.3 Å². The smallest absolute Gasteiger partial charge is 0.244 e.